The molecule has 0 radical (unpaired) electrons. The minimum absolute atomic E-state index is 0.0192. The summed E-state index contributed by atoms with van der Waals surface area (Å²) < 4.78 is 32.4. The van der Waals surface area contributed by atoms with E-state index >= 15 is 0 Å². The van der Waals surface area contributed by atoms with E-state index in [1.54, 1.807) is 0 Å². The Morgan fingerprint density at radius 2 is 0.853 bits per heavy atom. The summed E-state index contributed by atoms with van der Waals surface area (Å²) in [6, 6.07) is 6.30. The molecule has 0 saturated carbocycles. The summed E-state index contributed by atoms with van der Waals surface area (Å²) in [4.78, 5) is 91.6. The molecule has 368 valence electrons. The van der Waals surface area contributed by atoms with Gasteiger partial charge in [-0.2, -0.15) is 0 Å². The molecule has 0 saturated heterocycles. The second-order valence-corrected chi connectivity index (χ2v) is 17.6. The van der Waals surface area contributed by atoms with Gasteiger partial charge in [0.2, 0.25) is 0 Å². The molecule has 0 fully saturated rings. The second kappa shape index (κ2) is 25.5. The molecule has 68 heavy (non-hydrogen) atoms. The quantitative estimate of drug-likeness (QED) is 0.0363. The van der Waals surface area contributed by atoms with E-state index in [1.165, 1.54) is 63.5 Å². The molecule has 0 aliphatic heterocycles. The summed E-state index contributed by atoms with van der Waals surface area (Å²) in [6.45, 7) is 18.8. The maximum absolute atomic E-state index is 13.5. The largest absolute Gasteiger partial charge is 0.496 e. The predicted molar refractivity (Wildman–Crippen MR) is 258 cm³/mol. The lowest BCUT2D eigenvalue weighted by Crippen LogP contribution is -2.42. The van der Waals surface area contributed by atoms with Crippen LogP contribution in [0.2, 0.25) is 0 Å². The highest BCUT2D eigenvalue weighted by atomic mass is 32.1. The molecule has 0 bridgehead atoms. The van der Waals surface area contributed by atoms with Crippen LogP contribution in [-0.2, 0) is 9.59 Å². The van der Waals surface area contributed by atoms with Crippen LogP contribution in [0.25, 0.3) is 0 Å². The predicted octanol–water partition coefficient (Wildman–Crippen LogP) is 5.90. The number of esters is 2. The lowest BCUT2D eigenvalue weighted by atomic mass is 10.1. The van der Waals surface area contributed by atoms with Crippen LogP contribution >= 0.6 is 22.7 Å². The molecule has 4 rings (SSSR count). The fourth-order valence-corrected chi connectivity index (χ4v) is 8.25. The number of carbonyl (C=O) groups excluding carboxylic acids is 6. The molecule has 2 heterocycles. The molecule has 0 aliphatic rings. The summed E-state index contributed by atoms with van der Waals surface area (Å²) in [5, 5.41) is 14.3. The van der Waals surface area contributed by atoms with Crippen molar-refractivity contribution in [2.45, 2.75) is 79.6 Å². The summed E-state index contributed by atoms with van der Waals surface area (Å²) in [5.74, 6) is -4.50. The second-order valence-electron chi connectivity index (χ2n) is 15.9. The molecule has 20 nitrogen and oxygen atoms in total. The third-order valence-corrected chi connectivity index (χ3v) is 11.6. The lowest BCUT2D eigenvalue weighted by molar-refractivity contribution is -0.131. The van der Waals surface area contributed by atoms with Crippen LogP contribution < -0.4 is 49.7 Å². The van der Waals surface area contributed by atoms with Crippen molar-refractivity contribution in [3.8, 4) is 34.5 Å². The van der Waals surface area contributed by atoms with E-state index in [1.807, 2.05) is 0 Å². The minimum Gasteiger partial charge on any atom is -0.496 e. The number of thiazole rings is 2. The van der Waals surface area contributed by atoms with Crippen molar-refractivity contribution >= 4 is 68.5 Å². The third-order valence-electron chi connectivity index (χ3n) is 10.1. The van der Waals surface area contributed by atoms with Crippen molar-refractivity contribution in [3.63, 3.8) is 0 Å². The molecule has 0 atom stereocenters. The number of benzene rings is 2. The first-order valence-electron chi connectivity index (χ1n) is 21.6. The van der Waals surface area contributed by atoms with E-state index in [4.69, 9.17) is 28.4 Å². The smallest absolute Gasteiger partial charge is 0.336 e. The van der Waals surface area contributed by atoms with E-state index in [9.17, 15) is 28.8 Å². The molecule has 0 spiro atoms. The molecule has 4 aromatic rings. The zero-order valence-corrected chi connectivity index (χ0v) is 41.9. The summed E-state index contributed by atoms with van der Waals surface area (Å²) >= 11 is 2.08. The average molecular weight is 981 g/mol. The van der Waals surface area contributed by atoms with Crippen LogP contribution in [0, 0.1) is 0 Å². The fourth-order valence-electron chi connectivity index (χ4n) is 6.88. The maximum Gasteiger partial charge on any atom is 0.336 e. The Labute approximate surface area is 403 Å². The number of methoxy groups -OCH3 is 4. The Hall–Kier alpha value is -6.62. The van der Waals surface area contributed by atoms with Gasteiger partial charge in [-0.25, -0.2) is 19.6 Å². The number of ether oxygens (including phenoxy) is 6. The molecule has 22 heteroatoms. The van der Waals surface area contributed by atoms with E-state index < -0.39 is 35.6 Å². The number of carbonyl (C=O) groups is 6. The van der Waals surface area contributed by atoms with Crippen LogP contribution in [0.4, 0.5) is 10.3 Å². The van der Waals surface area contributed by atoms with Gasteiger partial charge in [0.1, 0.15) is 22.9 Å². The van der Waals surface area contributed by atoms with Crippen molar-refractivity contribution in [3.05, 3.63) is 69.7 Å². The summed E-state index contributed by atoms with van der Waals surface area (Å²) in [7, 11) is 5.29. The van der Waals surface area contributed by atoms with Crippen LogP contribution in [0.5, 0.6) is 34.5 Å². The number of nitrogens with zero attached hydrogens (tertiary/aromatic N) is 4. The topological polar surface area (TPSA) is 238 Å². The Morgan fingerprint density at radius 3 is 1.16 bits per heavy atom. The molecule has 0 aliphatic carbocycles. The van der Waals surface area contributed by atoms with Crippen LogP contribution in [-0.4, -0.2) is 134 Å². The minimum atomic E-state index is -1.05. The zero-order valence-electron chi connectivity index (χ0n) is 40.3. The SMILES string of the molecule is COc1cc(OC)c(C(=O)Nc2nc(C(=O)NCCN(C(C)C)C(C)C)cs2)cc1OC(=O)/C=C\C(=O)Oc1cc(C(=O)Nc2nc(C(=O)NCCN(C(C)C)C(C)C)cs2)c(OC)cc1OC. The zero-order chi connectivity index (χ0) is 50.2. The summed E-state index contributed by atoms with van der Waals surface area (Å²) in [6.07, 6.45) is 1.56. The molecular formula is C46H60N8O12S2. The first-order chi connectivity index (χ1) is 32.3. The molecule has 0 unspecified atom stereocenters. The Balaban J connectivity index is 1.41. The molecule has 4 N–H and O–H groups in total. The number of amides is 4. The van der Waals surface area contributed by atoms with Crippen molar-refractivity contribution in [1.82, 2.24) is 30.4 Å². The maximum atomic E-state index is 13.5. The standard InChI is InChI=1S/C46H60N8O12S2/c1-25(2)53(26(3)4)17-15-47-43(59)31-23-67-45(49-31)51-41(57)29-19-37(35(63-11)21-33(29)61-9)65-39(55)13-14-40(56)66-38-20-30(34(62-10)22-36(38)64-12)42(58)52-46-50-32(24-68-46)44(60)48-16-18-54(27(5)6)28(7)8/h13-14,19-28H,15-18H2,1-12H3,(H,47,59)(H,48,60)(H,49,51,57)(H,50,52,58)/b14-13-. The van der Waals surface area contributed by atoms with Gasteiger partial charge in [-0.1, -0.05) is 0 Å². The first kappa shape index (κ1) is 54.0. The van der Waals surface area contributed by atoms with Crippen molar-refractivity contribution in [2.75, 3.05) is 65.3 Å². The molecule has 2 aromatic carbocycles. The molecular weight excluding hydrogens is 921 g/mol. The Bertz CT molecular complexity index is 2270. The van der Waals surface area contributed by atoms with Crippen molar-refractivity contribution < 1.29 is 57.2 Å². The van der Waals surface area contributed by atoms with Crippen LogP contribution in [0.15, 0.2) is 47.2 Å². The van der Waals surface area contributed by atoms with Gasteiger partial charge in [0.05, 0.1) is 39.6 Å². The highest BCUT2D eigenvalue weighted by Gasteiger charge is 2.24. The van der Waals surface area contributed by atoms with Gasteiger partial charge in [0.25, 0.3) is 23.6 Å². The van der Waals surface area contributed by atoms with E-state index in [-0.39, 0.29) is 67.3 Å². The highest BCUT2D eigenvalue weighted by molar-refractivity contribution is 7.14. The van der Waals surface area contributed by atoms with Crippen LogP contribution in [0.1, 0.15) is 97.1 Å². The van der Waals surface area contributed by atoms with Crippen LogP contribution in [0.3, 0.4) is 0 Å². The van der Waals surface area contributed by atoms with Crippen molar-refractivity contribution in [2.24, 2.45) is 0 Å². The number of aromatic nitrogens is 2. The number of hydrogen-bond acceptors (Lipinski definition) is 18. The molecule has 2 aromatic heterocycles. The van der Waals surface area contributed by atoms with Gasteiger partial charge in [0, 0.05) is 97.5 Å². The highest BCUT2D eigenvalue weighted by Crippen LogP contribution is 2.37. The fraction of sp³-hybridized carbons (Fsp3) is 0.435. The van der Waals surface area contributed by atoms with Gasteiger partial charge in [-0.05, 0) is 55.4 Å². The first-order valence-corrected chi connectivity index (χ1v) is 23.3. The van der Waals surface area contributed by atoms with Gasteiger partial charge < -0.3 is 39.1 Å². The van der Waals surface area contributed by atoms with Gasteiger partial charge >= 0.3 is 11.9 Å². The number of rotatable bonds is 24. The summed E-state index contributed by atoms with van der Waals surface area (Å²) in [5.41, 5.74) is 0.112. The number of nitrogens with one attached hydrogen (secondary N) is 4. The number of anilines is 2. The normalized spacial score (nSPS) is 11.4. The van der Waals surface area contributed by atoms with Gasteiger partial charge in [-0.15, -0.1) is 22.7 Å². The molecule has 4 amide bonds. The van der Waals surface area contributed by atoms with Gasteiger partial charge in [0.15, 0.2) is 33.3 Å². The Kier molecular flexibility index (Phi) is 20.2. The number of hydrogen-bond donors (Lipinski definition) is 4. The van der Waals surface area contributed by atoms with E-state index in [0.717, 1.165) is 34.8 Å². The third kappa shape index (κ3) is 14.9. The average Bonchev–Trinajstić information content (AvgIpc) is 3.97. The lowest BCUT2D eigenvalue weighted by Gasteiger charge is -2.30. The van der Waals surface area contributed by atoms with E-state index in [2.05, 4.69) is 96.4 Å². The Morgan fingerprint density at radius 1 is 0.515 bits per heavy atom. The van der Waals surface area contributed by atoms with Crippen molar-refractivity contribution in [1.29, 1.82) is 0 Å². The monoisotopic (exact) mass is 980 g/mol. The van der Waals surface area contributed by atoms with Gasteiger partial charge in [-0.3, -0.25) is 39.6 Å². The van der Waals surface area contributed by atoms with E-state index in [0.29, 0.717) is 50.3 Å².